The van der Waals surface area contributed by atoms with E-state index in [0.717, 1.165) is 0 Å². The maximum absolute atomic E-state index is 2.37. The highest BCUT2D eigenvalue weighted by Crippen LogP contribution is 2.34. The Morgan fingerprint density at radius 3 is 2.04 bits per heavy atom. The Kier molecular flexibility index (Phi) is 4.28. The molecule has 0 N–H and O–H groups in total. The molecular weight excluding hydrogens is 290 g/mol. The van der Waals surface area contributed by atoms with Crippen LogP contribution in [-0.2, 0) is 12.5 Å². The van der Waals surface area contributed by atoms with Gasteiger partial charge in [0.1, 0.15) is 7.05 Å². The molecule has 0 bridgehead atoms. The van der Waals surface area contributed by atoms with Gasteiger partial charge < -0.3 is 0 Å². The van der Waals surface area contributed by atoms with Gasteiger partial charge in [-0.25, -0.2) is 4.57 Å². The summed E-state index contributed by atoms with van der Waals surface area (Å²) in [4.78, 5) is 0. The minimum Gasteiger partial charge on any atom is -0.200 e. The molecule has 3 aromatic rings. The second-order valence-corrected chi connectivity index (χ2v) is 7.53. The number of aryl methyl sites for hydroxylation is 2. The van der Waals surface area contributed by atoms with Gasteiger partial charge in [-0.3, -0.25) is 0 Å². The van der Waals surface area contributed by atoms with Gasteiger partial charge in [0.05, 0.1) is 0 Å². The van der Waals surface area contributed by atoms with Gasteiger partial charge >= 0.3 is 0 Å². The first-order valence-corrected chi connectivity index (χ1v) is 8.53. The van der Waals surface area contributed by atoms with Crippen LogP contribution >= 0.6 is 0 Å². The first-order valence-electron chi connectivity index (χ1n) is 8.53. The van der Waals surface area contributed by atoms with Crippen molar-refractivity contribution in [3.8, 4) is 22.4 Å². The second-order valence-electron chi connectivity index (χ2n) is 7.53. The molecule has 0 aliphatic carbocycles. The van der Waals surface area contributed by atoms with Crippen LogP contribution in [-0.4, -0.2) is 0 Å². The van der Waals surface area contributed by atoms with Gasteiger partial charge in [-0.2, -0.15) is 0 Å². The lowest BCUT2D eigenvalue weighted by Gasteiger charge is -2.23. The lowest BCUT2D eigenvalue weighted by atomic mass is 9.81. The lowest BCUT2D eigenvalue weighted by molar-refractivity contribution is -0.660. The number of nitrogens with zero attached hydrogens (tertiary/aromatic N) is 1. The standard InChI is InChI=1S/C23H26N/c1-17-11-9-10-14-19(17)22-15-21(23(2,3)4)20(16-24(22)5)18-12-7-6-8-13-18/h6-16H,1-5H3/q+1. The second kappa shape index (κ2) is 6.24. The summed E-state index contributed by atoms with van der Waals surface area (Å²) in [7, 11) is 2.14. The number of rotatable bonds is 2. The predicted molar refractivity (Wildman–Crippen MR) is 102 cm³/mol. The Morgan fingerprint density at radius 2 is 1.42 bits per heavy atom. The number of aromatic nitrogens is 1. The smallest absolute Gasteiger partial charge is 0.200 e. The zero-order valence-electron chi connectivity index (χ0n) is 15.3. The van der Waals surface area contributed by atoms with Gasteiger partial charge in [-0.05, 0) is 35.1 Å². The van der Waals surface area contributed by atoms with Crippen molar-refractivity contribution in [1.29, 1.82) is 0 Å². The molecule has 1 heterocycles. The Labute approximate surface area is 145 Å². The monoisotopic (exact) mass is 316 g/mol. The van der Waals surface area contributed by atoms with Crippen LogP contribution in [0.1, 0.15) is 31.9 Å². The third kappa shape index (κ3) is 3.12. The molecule has 1 aromatic heterocycles. The van der Waals surface area contributed by atoms with Crippen molar-refractivity contribution in [2.24, 2.45) is 7.05 Å². The van der Waals surface area contributed by atoms with E-state index in [-0.39, 0.29) is 5.41 Å². The van der Waals surface area contributed by atoms with Crippen molar-refractivity contribution in [3.63, 3.8) is 0 Å². The molecule has 0 unspecified atom stereocenters. The minimum absolute atomic E-state index is 0.0802. The molecule has 0 spiro atoms. The fourth-order valence-corrected chi connectivity index (χ4v) is 3.25. The Balaban J connectivity index is 2.28. The quantitative estimate of drug-likeness (QED) is 0.553. The van der Waals surface area contributed by atoms with E-state index in [1.165, 1.54) is 33.5 Å². The number of pyridine rings is 1. The largest absolute Gasteiger partial charge is 0.212 e. The summed E-state index contributed by atoms with van der Waals surface area (Å²) in [6.45, 7) is 9.04. The summed E-state index contributed by atoms with van der Waals surface area (Å²) in [5.74, 6) is 0. The average molecular weight is 316 g/mol. The van der Waals surface area contributed by atoms with Gasteiger partial charge in [-0.1, -0.05) is 69.3 Å². The van der Waals surface area contributed by atoms with E-state index in [4.69, 9.17) is 0 Å². The summed E-state index contributed by atoms with van der Waals surface area (Å²) in [5, 5.41) is 0. The fourth-order valence-electron chi connectivity index (χ4n) is 3.25. The van der Waals surface area contributed by atoms with E-state index in [0.29, 0.717) is 0 Å². The molecule has 24 heavy (non-hydrogen) atoms. The highest BCUT2D eigenvalue weighted by molar-refractivity contribution is 5.71. The van der Waals surface area contributed by atoms with E-state index in [1.54, 1.807) is 0 Å². The number of benzene rings is 2. The van der Waals surface area contributed by atoms with E-state index in [9.17, 15) is 0 Å². The predicted octanol–water partition coefficient (Wildman–Crippen LogP) is 5.45. The summed E-state index contributed by atoms with van der Waals surface area (Å²) in [6.07, 6.45) is 2.28. The van der Waals surface area contributed by atoms with E-state index < -0.39 is 0 Å². The van der Waals surface area contributed by atoms with Gasteiger partial charge in [0, 0.05) is 17.2 Å². The first kappa shape index (κ1) is 16.4. The maximum atomic E-state index is 2.37. The summed E-state index contributed by atoms with van der Waals surface area (Å²) in [5.41, 5.74) is 7.90. The van der Waals surface area contributed by atoms with Crippen LogP contribution in [0.2, 0.25) is 0 Å². The third-order valence-corrected chi connectivity index (χ3v) is 4.59. The Morgan fingerprint density at radius 1 is 0.792 bits per heavy atom. The SMILES string of the molecule is Cc1ccccc1-c1cc(C(C)(C)C)c(-c2ccccc2)c[n+]1C. The van der Waals surface area contributed by atoms with Crippen molar-refractivity contribution in [1.82, 2.24) is 0 Å². The Hall–Kier alpha value is -2.41. The number of hydrogen-bond acceptors (Lipinski definition) is 0. The molecule has 122 valence electrons. The average Bonchev–Trinajstić information content (AvgIpc) is 2.55. The van der Waals surface area contributed by atoms with Crippen molar-refractivity contribution in [3.05, 3.63) is 78.0 Å². The third-order valence-electron chi connectivity index (χ3n) is 4.59. The van der Waals surface area contributed by atoms with Crippen LogP contribution in [0.4, 0.5) is 0 Å². The summed E-state index contributed by atoms with van der Waals surface area (Å²) >= 11 is 0. The van der Waals surface area contributed by atoms with Crippen LogP contribution in [0.3, 0.4) is 0 Å². The first-order chi connectivity index (χ1) is 11.4. The molecule has 3 rings (SSSR count). The zero-order valence-corrected chi connectivity index (χ0v) is 15.3. The maximum Gasteiger partial charge on any atom is 0.212 e. The van der Waals surface area contributed by atoms with E-state index >= 15 is 0 Å². The van der Waals surface area contributed by atoms with E-state index in [2.05, 4.69) is 106 Å². The van der Waals surface area contributed by atoms with Crippen molar-refractivity contribution in [2.45, 2.75) is 33.1 Å². The van der Waals surface area contributed by atoms with Crippen LogP contribution in [0.5, 0.6) is 0 Å². The van der Waals surface area contributed by atoms with Crippen LogP contribution in [0.15, 0.2) is 66.9 Å². The van der Waals surface area contributed by atoms with Gasteiger partial charge in [0.15, 0.2) is 6.20 Å². The van der Waals surface area contributed by atoms with Gasteiger partial charge in [-0.15, -0.1) is 0 Å². The highest BCUT2D eigenvalue weighted by atomic mass is 14.9. The molecule has 0 fully saturated rings. The molecule has 0 saturated carbocycles. The molecule has 1 heteroatoms. The van der Waals surface area contributed by atoms with Gasteiger partial charge in [0.2, 0.25) is 5.69 Å². The minimum atomic E-state index is 0.0802. The molecule has 0 amide bonds. The molecule has 0 saturated heterocycles. The summed E-state index contributed by atoms with van der Waals surface area (Å²) < 4.78 is 2.25. The molecule has 2 aromatic carbocycles. The van der Waals surface area contributed by atoms with Crippen molar-refractivity contribution >= 4 is 0 Å². The molecule has 1 nitrogen and oxygen atoms in total. The van der Waals surface area contributed by atoms with Crippen molar-refractivity contribution in [2.75, 3.05) is 0 Å². The highest BCUT2D eigenvalue weighted by Gasteiger charge is 2.25. The topological polar surface area (TPSA) is 3.88 Å². The molecule has 0 aliphatic heterocycles. The lowest BCUT2D eigenvalue weighted by Crippen LogP contribution is -2.33. The summed E-state index contributed by atoms with van der Waals surface area (Å²) in [6, 6.07) is 21.6. The van der Waals surface area contributed by atoms with Crippen LogP contribution < -0.4 is 4.57 Å². The molecule has 0 radical (unpaired) electrons. The zero-order chi connectivity index (χ0) is 17.3. The molecule has 0 atom stereocenters. The van der Waals surface area contributed by atoms with Crippen molar-refractivity contribution < 1.29 is 4.57 Å². The van der Waals surface area contributed by atoms with Crippen LogP contribution in [0.25, 0.3) is 22.4 Å². The normalized spacial score (nSPS) is 11.5. The Bertz CT molecular complexity index is 855. The fraction of sp³-hybridized carbons (Fsp3) is 0.261. The number of hydrogen-bond donors (Lipinski definition) is 0. The van der Waals surface area contributed by atoms with E-state index in [1.807, 2.05) is 0 Å². The van der Waals surface area contributed by atoms with Crippen LogP contribution in [0, 0.1) is 6.92 Å². The molecular formula is C23H26N+. The van der Waals surface area contributed by atoms with Gasteiger partial charge in [0.25, 0.3) is 0 Å². The molecule has 0 aliphatic rings.